The summed E-state index contributed by atoms with van der Waals surface area (Å²) in [4.78, 5) is 11.3. The molecule has 0 fully saturated rings. The number of sulfonamides is 1. The molecule has 1 aromatic rings. The van der Waals surface area contributed by atoms with Crippen molar-refractivity contribution in [2.24, 2.45) is 0 Å². The van der Waals surface area contributed by atoms with Gasteiger partial charge in [-0.3, -0.25) is 4.79 Å². The molecule has 0 aliphatic rings. The minimum absolute atomic E-state index is 0.0661. The van der Waals surface area contributed by atoms with E-state index < -0.39 is 10.0 Å². The van der Waals surface area contributed by atoms with Gasteiger partial charge in [0.2, 0.25) is 15.9 Å². The second-order valence-corrected chi connectivity index (χ2v) is 8.01. The van der Waals surface area contributed by atoms with Gasteiger partial charge < -0.3 is 10.1 Å². The van der Waals surface area contributed by atoms with Crippen molar-refractivity contribution in [3.63, 3.8) is 0 Å². The summed E-state index contributed by atoms with van der Waals surface area (Å²) in [6.45, 7) is 0.914. The molecule has 0 saturated carbocycles. The van der Waals surface area contributed by atoms with Gasteiger partial charge in [-0.05, 0) is 28.1 Å². The lowest BCUT2D eigenvalue weighted by Crippen LogP contribution is -2.32. The maximum absolute atomic E-state index is 11.8. The van der Waals surface area contributed by atoms with Gasteiger partial charge >= 0.3 is 0 Å². The Balaban J connectivity index is 2.34. The largest absolute Gasteiger partial charge is 0.383 e. The number of hydrogen-bond acceptors (Lipinski definition) is 5. The maximum Gasteiger partial charge on any atom is 0.250 e. The molecule has 0 aliphatic heterocycles. The summed E-state index contributed by atoms with van der Waals surface area (Å²) >= 11 is 4.32. The molecule has 0 spiro atoms. The zero-order valence-electron chi connectivity index (χ0n) is 10.3. The highest BCUT2D eigenvalue weighted by molar-refractivity contribution is 9.11. The number of thiophene rings is 1. The van der Waals surface area contributed by atoms with Crippen molar-refractivity contribution < 1.29 is 17.9 Å². The van der Waals surface area contributed by atoms with Crippen molar-refractivity contribution >= 4 is 43.2 Å². The van der Waals surface area contributed by atoms with E-state index in [0.29, 0.717) is 13.2 Å². The molecule has 0 saturated heterocycles. The number of carbonyl (C=O) groups is 1. The number of nitrogens with one attached hydrogen (secondary N) is 2. The third-order valence-electron chi connectivity index (χ3n) is 2.09. The smallest absolute Gasteiger partial charge is 0.250 e. The van der Waals surface area contributed by atoms with Crippen molar-refractivity contribution in [2.75, 3.05) is 26.8 Å². The Hall–Kier alpha value is -0.480. The van der Waals surface area contributed by atoms with E-state index >= 15 is 0 Å². The number of amides is 1. The predicted octanol–water partition coefficient (Wildman–Crippen LogP) is 0.942. The maximum atomic E-state index is 11.8. The van der Waals surface area contributed by atoms with E-state index in [1.165, 1.54) is 6.07 Å². The average Bonchev–Trinajstić information content (AvgIpc) is 2.77. The molecular formula is C10H15BrN2O4S2. The van der Waals surface area contributed by atoms with Crippen LogP contribution in [-0.2, 0) is 19.6 Å². The van der Waals surface area contributed by atoms with Crippen LogP contribution in [0.2, 0.25) is 0 Å². The van der Waals surface area contributed by atoms with Gasteiger partial charge in [-0.2, -0.15) is 0 Å². The Labute approximate surface area is 124 Å². The van der Waals surface area contributed by atoms with Crippen molar-refractivity contribution in [1.82, 2.24) is 10.0 Å². The molecule has 1 aromatic heterocycles. The van der Waals surface area contributed by atoms with Crippen molar-refractivity contribution in [1.29, 1.82) is 0 Å². The Bertz CT molecular complexity index is 515. The van der Waals surface area contributed by atoms with Gasteiger partial charge in [0, 0.05) is 26.6 Å². The molecule has 0 bridgehead atoms. The summed E-state index contributed by atoms with van der Waals surface area (Å²) in [6, 6.07) is 3.17. The SMILES string of the molecule is COCCNC(=O)CCNS(=O)(=O)c1ccc(Br)s1. The Morgan fingerprint density at radius 1 is 1.42 bits per heavy atom. The second-order valence-electron chi connectivity index (χ2n) is 3.55. The molecule has 19 heavy (non-hydrogen) atoms. The van der Waals surface area contributed by atoms with Gasteiger partial charge in [0.05, 0.1) is 10.4 Å². The van der Waals surface area contributed by atoms with E-state index in [2.05, 4.69) is 26.0 Å². The first kappa shape index (κ1) is 16.6. The molecule has 0 aliphatic carbocycles. The van der Waals surface area contributed by atoms with E-state index in [-0.39, 0.29) is 23.1 Å². The van der Waals surface area contributed by atoms with E-state index in [4.69, 9.17) is 4.74 Å². The third-order valence-corrected chi connectivity index (χ3v) is 5.66. The Morgan fingerprint density at radius 2 is 2.16 bits per heavy atom. The first-order valence-electron chi connectivity index (χ1n) is 5.46. The number of halogens is 1. The molecule has 2 N–H and O–H groups in total. The van der Waals surface area contributed by atoms with Gasteiger partial charge in [-0.1, -0.05) is 0 Å². The monoisotopic (exact) mass is 370 g/mol. The van der Waals surface area contributed by atoms with Crippen LogP contribution >= 0.6 is 27.3 Å². The highest BCUT2D eigenvalue weighted by atomic mass is 79.9. The fourth-order valence-corrected chi connectivity index (χ4v) is 4.28. The van der Waals surface area contributed by atoms with Crippen LogP contribution in [0.1, 0.15) is 6.42 Å². The van der Waals surface area contributed by atoms with Crippen LogP contribution in [0.15, 0.2) is 20.1 Å². The third kappa shape index (κ3) is 6.00. The average molecular weight is 371 g/mol. The molecule has 9 heteroatoms. The number of rotatable bonds is 8. The summed E-state index contributed by atoms with van der Waals surface area (Å²) in [7, 11) is -1.99. The van der Waals surface area contributed by atoms with E-state index in [1.807, 2.05) is 0 Å². The van der Waals surface area contributed by atoms with Crippen LogP contribution in [-0.4, -0.2) is 41.1 Å². The molecule has 0 aromatic carbocycles. The van der Waals surface area contributed by atoms with E-state index in [9.17, 15) is 13.2 Å². The predicted molar refractivity (Wildman–Crippen MR) is 76.7 cm³/mol. The van der Waals surface area contributed by atoms with Crippen LogP contribution in [0, 0.1) is 0 Å². The molecular weight excluding hydrogens is 356 g/mol. The summed E-state index contributed by atoms with van der Waals surface area (Å²) in [5, 5.41) is 2.61. The lowest BCUT2D eigenvalue weighted by molar-refractivity contribution is -0.121. The summed E-state index contributed by atoms with van der Waals surface area (Å²) < 4.78 is 31.8. The minimum Gasteiger partial charge on any atom is -0.383 e. The quantitative estimate of drug-likeness (QED) is 0.667. The lowest BCUT2D eigenvalue weighted by Gasteiger charge is -2.06. The van der Waals surface area contributed by atoms with Crippen LogP contribution in [0.5, 0.6) is 0 Å². The fraction of sp³-hybridized carbons (Fsp3) is 0.500. The van der Waals surface area contributed by atoms with Gasteiger partial charge in [-0.15, -0.1) is 11.3 Å². The molecule has 108 valence electrons. The number of carbonyl (C=O) groups excluding carboxylic acids is 1. The first-order chi connectivity index (χ1) is 8.95. The molecule has 1 rings (SSSR count). The van der Waals surface area contributed by atoms with Gasteiger partial charge in [0.1, 0.15) is 4.21 Å². The molecule has 1 amide bonds. The minimum atomic E-state index is -3.53. The normalized spacial score (nSPS) is 11.5. The van der Waals surface area contributed by atoms with Crippen molar-refractivity contribution in [3.05, 3.63) is 15.9 Å². The molecule has 0 atom stereocenters. The molecule has 1 heterocycles. The summed E-state index contributed by atoms with van der Waals surface area (Å²) in [5.41, 5.74) is 0. The van der Waals surface area contributed by atoms with Gasteiger partial charge in [0.25, 0.3) is 0 Å². The van der Waals surface area contributed by atoms with Crippen molar-refractivity contribution in [3.8, 4) is 0 Å². The fourth-order valence-electron chi connectivity index (χ4n) is 1.19. The van der Waals surface area contributed by atoms with Crippen LogP contribution < -0.4 is 10.0 Å². The highest BCUT2D eigenvalue weighted by Gasteiger charge is 2.16. The summed E-state index contributed by atoms with van der Waals surface area (Å²) in [5.74, 6) is -0.216. The lowest BCUT2D eigenvalue weighted by atomic mass is 10.4. The zero-order chi connectivity index (χ0) is 14.3. The Morgan fingerprint density at radius 3 is 2.74 bits per heavy atom. The zero-order valence-corrected chi connectivity index (χ0v) is 13.5. The second kappa shape index (κ2) is 7.95. The molecule has 0 radical (unpaired) electrons. The van der Waals surface area contributed by atoms with E-state index in [1.54, 1.807) is 13.2 Å². The molecule has 0 unspecified atom stereocenters. The number of ether oxygens (including phenoxy) is 1. The van der Waals surface area contributed by atoms with Crippen LogP contribution in [0.3, 0.4) is 0 Å². The Kier molecular flexibility index (Phi) is 6.94. The van der Waals surface area contributed by atoms with Crippen LogP contribution in [0.25, 0.3) is 0 Å². The first-order valence-corrected chi connectivity index (χ1v) is 8.55. The van der Waals surface area contributed by atoms with Crippen LogP contribution in [0.4, 0.5) is 0 Å². The van der Waals surface area contributed by atoms with Gasteiger partial charge in [-0.25, -0.2) is 13.1 Å². The number of methoxy groups -OCH3 is 1. The molecule has 6 nitrogen and oxygen atoms in total. The van der Waals surface area contributed by atoms with E-state index in [0.717, 1.165) is 15.1 Å². The standard InChI is InChI=1S/C10H15BrN2O4S2/c1-17-7-6-12-9(14)4-5-13-19(15,16)10-3-2-8(11)18-10/h2-3,13H,4-7H2,1H3,(H,12,14). The topological polar surface area (TPSA) is 84.5 Å². The number of hydrogen-bond donors (Lipinski definition) is 2. The van der Waals surface area contributed by atoms with Gasteiger partial charge in [0.15, 0.2) is 0 Å². The summed E-state index contributed by atoms with van der Waals surface area (Å²) in [6.07, 6.45) is 0.0927. The van der Waals surface area contributed by atoms with Crippen molar-refractivity contribution in [2.45, 2.75) is 10.6 Å². The highest BCUT2D eigenvalue weighted by Crippen LogP contribution is 2.25.